The minimum Gasteiger partial charge on any atom is -0.324 e. The molecule has 0 spiro atoms. The number of benzene rings is 2. The molecule has 1 heterocycles. The van der Waals surface area contributed by atoms with Crippen LogP contribution in [0, 0.1) is 0 Å². The van der Waals surface area contributed by atoms with Gasteiger partial charge in [0, 0.05) is 18.0 Å². The number of rotatable bonds is 4. The third-order valence-corrected chi connectivity index (χ3v) is 4.45. The van der Waals surface area contributed by atoms with Gasteiger partial charge in [0.05, 0.1) is 12.2 Å². The van der Waals surface area contributed by atoms with Crippen LogP contribution >= 0.6 is 11.8 Å². The van der Waals surface area contributed by atoms with E-state index in [0.29, 0.717) is 6.54 Å². The first-order valence-electron chi connectivity index (χ1n) is 6.98. The summed E-state index contributed by atoms with van der Waals surface area (Å²) in [6.07, 6.45) is 2.02. The number of carbonyl (C=O) groups excluding carboxylic acids is 1. The first-order chi connectivity index (χ1) is 10.3. The maximum atomic E-state index is 12.2. The Morgan fingerprint density at radius 2 is 1.71 bits per heavy atom. The third kappa shape index (κ3) is 3.28. The summed E-state index contributed by atoms with van der Waals surface area (Å²) in [6, 6.07) is 16.3. The Kier molecular flexibility index (Phi) is 4.27. The van der Waals surface area contributed by atoms with Gasteiger partial charge in [0.15, 0.2) is 0 Å². The second-order valence-electron chi connectivity index (χ2n) is 5.16. The van der Waals surface area contributed by atoms with E-state index in [0.717, 1.165) is 23.7 Å². The van der Waals surface area contributed by atoms with Crippen molar-refractivity contribution in [1.29, 1.82) is 0 Å². The molecule has 2 aromatic carbocycles. The van der Waals surface area contributed by atoms with Crippen molar-refractivity contribution in [2.24, 2.45) is 0 Å². The van der Waals surface area contributed by atoms with Gasteiger partial charge in [0.1, 0.15) is 0 Å². The van der Waals surface area contributed by atoms with Gasteiger partial charge in [-0.2, -0.15) is 0 Å². The first-order valence-corrected chi connectivity index (χ1v) is 8.21. The number of hydrogen-bond acceptors (Lipinski definition) is 3. The average Bonchev–Trinajstić information content (AvgIpc) is 2.89. The Hall–Kier alpha value is -1.78. The molecule has 0 saturated carbocycles. The minimum absolute atomic E-state index is 0.0457. The molecular formula is C17H18N2OS. The molecule has 0 bridgehead atoms. The van der Waals surface area contributed by atoms with E-state index in [9.17, 15) is 4.79 Å². The van der Waals surface area contributed by atoms with Crippen LogP contribution in [0.25, 0.3) is 0 Å². The Morgan fingerprint density at radius 3 is 2.38 bits per heavy atom. The summed E-state index contributed by atoms with van der Waals surface area (Å²) in [5, 5.41) is 3.01. The van der Waals surface area contributed by atoms with Crippen molar-refractivity contribution in [2.75, 3.05) is 18.1 Å². The molecule has 3 rings (SSSR count). The lowest BCUT2D eigenvalue weighted by molar-refractivity contribution is -0.117. The number of anilines is 1. The van der Waals surface area contributed by atoms with Crippen molar-refractivity contribution in [2.45, 2.75) is 18.0 Å². The van der Waals surface area contributed by atoms with Crippen LogP contribution in [0.5, 0.6) is 0 Å². The van der Waals surface area contributed by atoms with Crippen molar-refractivity contribution in [3.63, 3.8) is 0 Å². The molecular weight excluding hydrogens is 280 g/mol. The van der Waals surface area contributed by atoms with Crippen LogP contribution in [0.2, 0.25) is 0 Å². The van der Waals surface area contributed by atoms with E-state index in [1.165, 1.54) is 11.1 Å². The van der Waals surface area contributed by atoms with Crippen LogP contribution < -0.4 is 5.32 Å². The highest BCUT2D eigenvalue weighted by molar-refractivity contribution is 7.98. The second kappa shape index (κ2) is 6.33. The maximum Gasteiger partial charge on any atom is 0.238 e. The van der Waals surface area contributed by atoms with Gasteiger partial charge < -0.3 is 5.32 Å². The summed E-state index contributed by atoms with van der Waals surface area (Å²) in [5.74, 6) is 0.0457. The van der Waals surface area contributed by atoms with Crippen LogP contribution in [0.3, 0.4) is 0 Å². The number of hydrogen-bond donors (Lipinski definition) is 1. The summed E-state index contributed by atoms with van der Waals surface area (Å²) in [6.45, 7) is 2.14. The predicted molar refractivity (Wildman–Crippen MR) is 87.4 cm³/mol. The largest absolute Gasteiger partial charge is 0.324 e. The van der Waals surface area contributed by atoms with Gasteiger partial charge in [-0.3, -0.25) is 9.69 Å². The second-order valence-corrected chi connectivity index (χ2v) is 6.01. The molecule has 108 valence electrons. The molecule has 1 aliphatic rings. The molecule has 0 unspecified atom stereocenters. The van der Waals surface area contributed by atoms with Crippen molar-refractivity contribution in [3.05, 3.63) is 59.7 Å². The lowest BCUT2D eigenvalue weighted by Gasteiger charge is -2.15. The lowest BCUT2D eigenvalue weighted by Crippen LogP contribution is -2.29. The first kappa shape index (κ1) is 14.2. The van der Waals surface area contributed by atoms with Gasteiger partial charge >= 0.3 is 0 Å². The van der Waals surface area contributed by atoms with Crippen LogP contribution in [-0.4, -0.2) is 23.6 Å². The topological polar surface area (TPSA) is 32.3 Å². The van der Waals surface area contributed by atoms with Crippen LogP contribution in [-0.2, 0) is 17.9 Å². The lowest BCUT2D eigenvalue weighted by atomic mass is 10.1. The van der Waals surface area contributed by atoms with Crippen LogP contribution in [0.4, 0.5) is 5.69 Å². The Labute approximate surface area is 129 Å². The molecule has 0 radical (unpaired) electrons. The number of amides is 1. The zero-order valence-electron chi connectivity index (χ0n) is 12.0. The smallest absolute Gasteiger partial charge is 0.238 e. The SMILES string of the molecule is CSc1ccccc1NC(=O)CN1Cc2ccccc2C1. The minimum atomic E-state index is 0.0457. The number of fused-ring (bicyclic) bond motifs is 1. The van der Waals surface area contributed by atoms with Crippen LogP contribution in [0.15, 0.2) is 53.4 Å². The normalized spacial score (nSPS) is 14.0. The van der Waals surface area contributed by atoms with E-state index in [1.54, 1.807) is 11.8 Å². The average molecular weight is 298 g/mol. The fraction of sp³-hybridized carbons (Fsp3) is 0.235. The summed E-state index contributed by atoms with van der Waals surface area (Å²) in [7, 11) is 0. The van der Waals surface area contributed by atoms with Crippen LogP contribution in [0.1, 0.15) is 11.1 Å². The van der Waals surface area contributed by atoms with Gasteiger partial charge in [0.25, 0.3) is 0 Å². The third-order valence-electron chi connectivity index (χ3n) is 3.65. The molecule has 0 atom stereocenters. The molecule has 21 heavy (non-hydrogen) atoms. The predicted octanol–water partition coefficient (Wildman–Crippen LogP) is 3.36. The number of nitrogens with zero attached hydrogens (tertiary/aromatic N) is 1. The molecule has 0 saturated heterocycles. The van der Waals surface area contributed by atoms with Gasteiger partial charge in [-0.1, -0.05) is 36.4 Å². The standard InChI is InChI=1S/C17H18N2OS/c1-21-16-9-5-4-8-15(16)18-17(20)12-19-10-13-6-2-3-7-14(13)11-19/h2-9H,10-12H2,1H3,(H,18,20). The Balaban J connectivity index is 1.61. The maximum absolute atomic E-state index is 12.2. The molecule has 1 aliphatic heterocycles. The summed E-state index contributed by atoms with van der Waals surface area (Å²) in [4.78, 5) is 15.5. The molecule has 0 aliphatic carbocycles. The van der Waals surface area contributed by atoms with Crippen molar-refractivity contribution in [1.82, 2.24) is 4.90 Å². The highest BCUT2D eigenvalue weighted by Crippen LogP contribution is 2.25. The van der Waals surface area contributed by atoms with Crippen molar-refractivity contribution >= 4 is 23.4 Å². The number of carbonyl (C=O) groups is 1. The van der Waals surface area contributed by atoms with Gasteiger partial charge in [0.2, 0.25) is 5.91 Å². The van der Waals surface area contributed by atoms with E-state index in [-0.39, 0.29) is 5.91 Å². The monoisotopic (exact) mass is 298 g/mol. The Bertz CT molecular complexity index is 632. The van der Waals surface area contributed by atoms with Crippen molar-refractivity contribution in [3.8, 4) is 0 Å². The summed E-state index contributed by atoms with van der Waals surface area (Å²) >= 11 is 1.64. The van der Waals surface area contributed by atoms with Gasteiger partial charge in [-0.25, -0.2) is 0 Å². The fourth-order valence-corrected chi connectivity index (χ4v) is 3.21. The quantitative estimate of drug-likeness (QED) is 0.878. The molecule has 3 nitrogen and oxygen atoms in total. The number of nitrogens with one attached hydrogen (secondary N) is 1. The van der Waals surface area contributed by atoms with E-state index in [4.69, 9.17) is 0 Å². The molecule has 4 heteroatoms. The Morgan fingerprint density at radius 1 is 1.10 bits per heavy atom. The van der Waals surface area contributed by atoms with Crippen molar-refractivity contribution < 1.29 is 4.79 Å². The highest BCUT2D eigenvalue weighted by atomic mass is 32.2. The zero-order chi connectivity index (χ0) is 14.7. The molecule has 0 aromatic heterocycles. The molecule has 1 amide bonds. The number of para-hydroxylation sites is 1. The van der Waals surface area contributed by atoms with E-state index in [1.807, 2.05) is 30.5 Å². The summed E-state index contributed by atoms with van der Waals surface area (Å²) < 4.78 is 0. The molecule has 1 N–H and O–H groups in total. The van der Waals surface area contributed by atoms with Gasteiger partial charge in [-0.15, -0.1) is 11.8 Å². The molecule has 2 aromatic rings. The zero-order valence-corrected chi connectivity index (χ0v) is 12.8. The molecule has 0 fully saturated rings. The highest BCUT2D eigenvalue weighted by Gasteiger charge is 2.20. The fourth-order valence-electron chi connectivity index (χ4n) is 2.66. The van der Waals surface area contributed by atoms with E-state index >= 15 is 0 Å². The van der Waals surface area contributed by atoms with E-state index < -0.39 is 0 Å². The number of thioether (sulfide) groups is 1. The van der Waals surface area contributed by atoms with E-state index in [2.05, 4.69) is 34.5 Å². The summed E-state index contributed by atoms with van der Waals surface area (Å²) in [5.41, 5.74) is 3.55. The van der Waals surface area contributed by atoms with Gasteiger partial charge in [-0.05, 0) is 29.5 Å².